The van der Waals surface area contributed by atoms with Crippen molar-refractivity contribution in [3.63, 3.8) is 0 Å². The lowest BCUT2D eigenvalue weighted by Gasteiger charge is -2.36. The molecule has 3 heterocycles. The lowest BCUT2D eigenvalue weighted by atomic mass is 10.2. The molecule has 4 rings (SSSR count). The second kappa shape index (κ2) is 7.14. The van der Waals surface area contributed by atoms with E-state index in [1.807, 2.05) is 24.3 Å². The number of hydrogen-bond donors (Lipinski definition) is 1. The highest BCUT2D eigenvalue weighted by molar-refractivity contribution is 5.99. The van der Waals surface area contributed by atoms with Gasteiger partial charge in [-0.3, -0.25) is 9.59 Å². The Balaban J connectivity index is 1.45. The Kier molecular flexibility index (Phi) is 4.53. The van der Waals surface area contributed by atoms with Crippen LogP contribution in [0.3, 0.4) is 0 Å². The summed E-state index contributed by atoms with van der Waals surface area (Å²) in [6, 6.07) is 9.49. The zero-order valence-corrected chi connectivity index (χ0v) is 15.0. The Labute approximate surface area is 156 Å². The molecule has 0 unspecified atom stereocenters. The normalized spacial score (nSPS) is 16.3. The molecule has 0 saturated carbocycles. The maximum Gasteiger partial charge on any atom is 0.262 e. The Bertz CT molecular complexity index is 878. The van der Waals surface area contributed by atoms with Crippen molar-refractivity contribution in [3.05, 3.63) is 42.1 Å². The monoisotopic (exact) mass is 368 g/mol. The quantitative estimate of drug-likeness (QED) is 0.881. The summed E-state index contributed by atoms with van der Waals surface area (Å²) >= 11 is 0. The fourth-order valence-corrected chi connectivity index (χ4v) is 3.32. The van der Waals surface area contributed by atoms with E-state index in [2.05, 4.69) is 15.2 Å². The van der Waals surface area contributed by atoms with Crippen LogP contribution in [0.4, 0.5) is 11.4 Å². The van der Waals surface area contributed by atoms with Gasteiger partial charge in [0.25, 0.3) is 11.8 Å². The number of ether oxygens (including phenoxy) is 2. The van der Waals surface area contributed by atoms with Crippen LogP contribution in [-0.2, 0) is 4.79 Å². The first-order valence-corrected chi connectivity index (χ1v) is 8.75. The largest absolute Gasteiger partial charge is 0.495 e. The van der Waals surface area contributed by atoms with Gasteiger partial charge in [-0.1, -0.05) is 12.1 Å². The topological polar surface area (TPSA) is 84.0 Å². The van der Waals surface area contributed by atoms with Gasteiger partial charge in [0.15, 0.2) is 6.61 Å². The molecule has 2 aromatic rings. The third kappa shape index (κ3) is 3.38. The molecule has 8 nitrogen and oxygen atoms in total. The minimum atomic E-state index is -0.251. The smallest absolute Gasteiger partial charge is 0.262 e. The number of fused-ring (bicyclic) bond motifs is 1. The summed E-state index contributed by atoms with van der Waals surface area (Å²) in [6.45, 7) is 2.56. The van der Waals surface area contributed by atoms with E-state index in [9.17, 15) is 9.59 Å². The summed E-state index contributed by atoms with van der Waals surface area (Å²) in [6.07, 6.45) is 1.49. The molecule has 0 radical (unpaired) electrons. The van der Waals surface area contributed by atoms with Crippen LogP contribution in [0, 0.1) is 0 Å². The summed E-state index contributed by atoms with van der Waals surface area (Å²) < 4.78 is 10.7. The summed E-state index contributed by atoms with van der Waals surface area (Å²) in [7, 11) is 1.66. The molecule has 0 aliphatic carbocycles. The zero-order valence-electron chi connectivity index (χ0n) is 15.0. The van der Waals surface area contributed by atoms with Gasteiger partial charge in [0, 0.05) is 32.4 Å². The molecule has 140 valence electrons. The fourth-order valence-electron chi connectivity index (χ4n) is 3.32. The van der Waals surface area contributed by atoms with Gasteiger partial charge in [0.05, 0.1) is 18.4 Å². The van der Waals surface area contributed by atoms with Crippen molar-refractivity contribution in [3.8, 4) is 11.6 Å². The Morgan fingerprint density at radius 3 is 2.78 bits per heavy atom. The number of carbonyl (C=O) groups is 2. The number of nitrogens with one attached hydrogen (secondary N) is 1. The Morgan fingerprint density at radius 2 is 2.00 bits per heavy atom. The van der Waals surface area contributed by atoms with Crippen molar-refractivity contribution in [2.24, 2.45) is 0 Å². The molecular weight excluding hydrogens is 348 g/mol. The minimum absolute atomic E-state index is 0.0573. The number of anilines is 2. The molecule has 2 aliphatic rings. The lowest BCUT2D eigenvalue weighted by Crippen LogP contribution is -2.49. The number of methoxy groups -OCH3 is 1. The summed E-state index contributed by atoms with van der Waals surface area (Å²) in [4.78, 5) is 32.4. The number of carbonyl (C=O) groups excluding carboxylic acids is 2. The first kappa shape index (κ1) is 17.1. The van der Waals surface area contributed by atoms with Crippen LogP contribution >= 0.6 is 0 Å². The highest BCUT2D eigenvalue weighted by Crippen LogP contribution is 2.29. The van der Waals surface area contributed by atoms with Gasteiger partial charge in [0.1, 0.15) is 11.4 Å². The van der Waals surface area contributed by atoms with E-state index in [1.54, 1.807) is 18.1 Å². The van der Waals surface area contributed by atoms with Gasteiger partial charge < -0.3 is 24.6 Å². The zero-order chi connectivity index (χ0) is 18.8. The van der Waals surface area contributed by atoms with Crippen LogP contribution in [0.15, 0.2) is 36.5 Å². The molecular formula is C19H20N4O4. The van der Waals surface area contributed by atoms with Crippen molar-refractivity contribution < 1.29 is 19.1 Å². The average Bonchev–Trinajstić information content (AvgIpc) is 2.72. The molecule has 0 atom stereocenters. The van der Waals surface area contributed by atoms with Crippen LogP contribution in [0.1, 0.15) is 10.4 Å². The van der Waals surface area contributed by atoms with Crippen molar-refractivity contribution in [2.75, 3.05) is 50.1 Å². The predicted octanol–water partition coefficient (Wildman–Crippen LogP) is 1.38. The molecule has 2 aliphatic heterocycles. The molecule has 1 fully saturated rings. The molecule has 1 N–H and O–H groups in total. The summed E-state index contributed by atoms with van der Waals surface area (Å²) in [5.41, 5.74) is 1.90. The van der Waals surface area contributed by atoms with Crippen molar-refractivity contribution in [2.45, 2.75) is 0 Å². The van der Waals surface area contributed by atoms with Gasteiger partial charge >= 0.3 is 0 Å². The second-order valence-electron chi connectivity index (χ2n) is 6.36. The Morgan fingerprint density at radius 1 is 1.22 bits per heavy atom. The SMILES string of the molecule is COc1ccccc1N1CCN(C(=O)c2cnc3c(c2)NC(=O)CO3)CC1. The number of para-hydroxylation sites is 2. The second-order valence-corrected chi connectivity index (χ2v) is 6.36. The molecule has 0 bridgehead atoms. The van der Waals surface area contributed by atoms with E-state index in [4.69, 9.17) is 9.47 Å². The van der Waals surface area contributed by atoms with E-state index in [-0.39, 0.29) is 18.4 Å². The van der Waals surface area contributed by atoms with Gasteiger partial charge in [-0.25, -0.2) is 4.98 Å². The van der Waals surface area contributed by atoms with E-state index < -0.39 is 0 Å². The van der Waals surface area contributed by atoms with Gasteiger partial charge in [-0.15, -0.1) is 0 Å². The number of hydrogen-bond acceptors (Lipinski definition) is 6. The predicted molar refractivity (Wildman–Crippen MR) is 99.5 cm³/mol. The average molecular weight is 368 g/mol. The van der Waals surface area contributed by atoms with Crippen LogP contribution in [0.2, 0.25) is 0 Å². The third-order valence-electron chi connectivity index (χ3n) is 4.70. The number of amides is 2. The van der Waals surface area contributed by atoms with E-state index >= 15 is 0 Å². The standard InChI is InChI=1S/C19H20N4O4/c1-26-16-5-3-2-4-15(16)22-6-8-23(9-7-22)19(25)13-10-14-18(20-11-13)27-12-17(24)21-14/h2-5,10-11H,6-9,12H2,1H3,(H,21,24). The summed E-state index contributed by atoms with van der Waals surface area (Å²) in [5.74, 6) is 0.808. The highest BCUT2D eigenvalue weighted by atomic mass is 16.5. The molecule has 1 aromatic carbocycles. The van der Waals surface area contributed by atoms with Gasteiger partial charge in [-0.05, 0) is 18.2 Å². The number of aromatic nitrogens is 1. The van der Waals surface area contributed by atoms with Crippen molar-refractivity contribution in [1.29, 1.82) is 0 Å². The Hall–Kier alpha value is -3.29. The number of rotatable bonds is 3. The van der Waals surface area contributed by atoms with E-state index in [0.29, 0.717) is 43.3 Å². The third-order valence-corrected chi connectivity index (χ3v) is 4.70. The molecule has 1 aromatic heterocycles. The number of benzene rings is 1. The molecule has 1 saturated heterocycles. The van der Waals surface area contributed by atoms with Crippen LogP contribution < -0.4 is 19.7 Å². The van der Waals surface area contributed by atoms with Gasteiger partial charge in [0.2, 0.25) is 5.88 Å². The first-order valence-electron chi connectivity index (χ1n) is 8.75. The highest BCUT2D eigenvalue weighted by Gasteiger charge is 2.25. The maximum atomic E-state index is 12.8. The molecule has 8 heteroatoms. The molecule has 27 heavy (non-hydrogen) atoms. The maximum absolute atomic E-state index is 12.8. The fraction of sp³-hybridized carbons (Fsp3) is 0.316. The van der Waals surface area contributed by atoms with Crippen LogP contribution in [0.25, 0.3) is 0 Å². The van der Waals surface area contributed by atoms with E-state index in [1.165, 1.54) is 6.20 Å². The summed E-state index contributed by atoms with van der Waals surface area (Å²) in [5, 5.41) is 2.68. The minimum Gasteiger partial charge on any atom is -0.495 e. The number of piperazine rings is 1. The lowest BCUT2D eigenvalue weighted by molar-refractivity contribution is -0.118. The van der Waals surface area contributed by atoms with Crippen molar-refractivity contribution in [1.82, 2.24) is 9.88 Å². The molecule has 2 amide bonds. The van der Waals surface area contributed by atoms with Crippen LogP contribution in [0.5, 0.6) is 11.6 Å². The van der Waals surface area contributed by atoms with Crippen LogP contribution in [-0.4, -0.2) is 61.6 Å². The van der Waals surface area contributed by atoms with Gasteiger partial charge in [-0.2, -0.15) is 0 Å². The first-order chi connectivity index (χ1) is 13.2. The number of pyridine rings is 1. The molecule has 0 spiro atoms. The van der Waals surface area contributed by atoms with E-state index in [0.717, 1.165) is 11.4 Å². The number of nitrogens with zero attached hydrogens (tertiary/aromatic N) is 3. The van der Waals surface area contributed by atoms with Crippen molar-refractivity contribution >= 4 is 23.2 Å².